The normalized spacial score (nSPS) is 16.3. The Morgan fingerprint density at radius 2 is 1.88 bits per heavy atom. The van der Waals surface area contributed by atoms with Gasteiger partial charge >= 0.3 is 0 Å². The molecule has 5 nitrogen and oxygen atoms in total. The van der Waals surface area contributed by atoms with Gasteiger partial charge in [0.2, 0.25) is 0 Å². The fraction of sp³-hybridized carbons (Fsp3) is 0.350. The van der Waals surface area contributed by atoms with Crippen LogP contribution in [0.15, 0.2) is 48.5 Å². The summed E-state index contributed by atoms with van der Waals surface area (Å²) in [6.45, 7) is 4.02. The highest BCUT2D eigenvalue weighted by Gasteiger charge is 2.21. The molecule has 1 atom stereocenters. The van der Waals surface area contributed by atoms with Gasteiger partial charge in [-0.2, -0.15) is 5.26 Å². The van der Waals surface area contributed by atoms with Crippen LogP contribution in [0.5, 0.6) is 5.75 Å². The molecule has 0 bridgehead atoms. The minimum atomic E-state index is -0.534. The van der Waals surface area contributed by atoms with E-state index >= 15 is 0 Å². The summed E-state index contributed by atoms with van der Waals surface area (Å²) in [5.74, 6) is 0.759. The molecule has 0 saturated carbocycles. The highest BCUT2D eigenvalue weighted by atomic mass is 16.5. The second kappa shape index (κ2) is 8.02. The number of ether oxygens (including phenoxy) is 1. The van der Waals surface area contributed by atoms with Crippen molar-refractivity contribution in [3.8, 4) is 11.8 Å². The highest BCUT2D eigenvalue weighted by Crippen LogP contribution is 2.23. The molecule has 2 aromatic rings. The summed E-state index contributed by atoms with van der Waals surface area (Å²) < 4.78 is 5.22. The van der Waals surface area contributed by atoms with Crippen LogP contribution in [0.4, 0.5) is 5.69 Å². The van der Waals surface area contributed by atoms with Gasteiger partial charge in [0, 0.05) is 32.7 Å². The Morgan fingerprint density at radius 1 is 1.12 bits per heavy atom. The SMILES string of the molecule is COc1cccc(C(O)CN2CCN(c3ccccc3C#N)CC2)c1. The summed E-state index contributed by atoms with van der Waals surface area (Å²) in [5, 5.41) is 19.8. The summed E-state index contributed by atoms with van der Waals surface area (Å²) in [4.78, 5) is 4.50. The second-order valence-corrected chi connectivity index (χ2v) is 6.21. The summed E-state index contributed by atoms with van der Waals surface area (Å²) in [5.41, 5.74) is 2.59. The molecule has 3 rings (SSSR count). The van der Waals surface area contributed by atoms with E-state index in [2.05, 4.69) is 15.9 Å². The number of piperazine rings is 1. The third kappa shape index (κ3) is 4.11. The van der Waals surface area contributed by atoms with Crippen molar-refractivity contribution in [1.29, 1.82) is 5.26 Å². The molecular formula is C20H23N3O2. The zero-order valence-electron chi connectivity index (χ0n) is 14.4. The molecule has 1 N–H and O–H groups in total. The highest BCUT2D eigenvalue weighted by molar-refractivity contribution is 5.59. The van der Waals surface area contributed by atoms with Crippen LogP contribution >= 0.6 is 0 Å². The lowest BCUT2D eigenvalue weighted by atomic mass is 10.1. The van der Waals surface area contributed by atoms with E-state index in [0.717, 1.165) is 43.2 Å². The lowest BCUT2D eigenvalue weighted by molar-refractivity contribution is 0.109. The Bertz CT molecular complexity index is 749. The molecular weight excluding hydrogens is 314 g/mol. The minimum Gasteiger partial charge on any atom is -0.497 e. The van der Waals surface area contributed by atoms with Crippen molar-refractivity contribution < 1.29 is 9.84 Å². The number of hydrogen-bond donors (Lipinski definition) is 1. The van der Waals surface area contributed by atoms with E-state index in [1.54, 1.807) is 7.11 Å². The van der Waals surface area contributed by atoms with Gasteiger partial charge in [0.05, 0.1) is 24.5 Å². The molecule has 1 saturated heterocycles. The molecule has 0 aromatic heterocycles. The van der Waals surface area contributed by atoms with Crippen LogP contribution in [-0.4, -0.2) is 49.8 Å². The van der Waals surface area contributed by atoms with Gasteiger partial charge in [-0.3, -0.25) is 4.90 Å². The Hall–Kier alpha value is -2.55. The number of benzene rings is 2. The van der Waals surface area contributed by atoms with E-state index < -0.39 is 6.10 Å². The van der Waals surface area contributed by atoms with Crippen molar-refractivity contribution in [2.45, 2.75) is 6.10 Å². The van der Waals surface area contributed by atoms with Gasteiger partial charge in [0.25, 0.3) is 0 Å². The van der Waals surface area contributed by atoms with Crippen LogP contribution in [0.3, 0.4) is 0 Å². The Labute approximate surface area is 148 Å². The van der Waals surface area contributed by atoms with Gasteiger partial charge in [-0.25, -0.2) is 0 Å². The third-order valence-corrected chi connectivity index (χ3v) is 4.65. The molecule has 2 aromatic carbocycles. The van der Waals surface area contributed by atoms with Gasteiger partial charge in [0.15, 0.2) is 0 Å². The van der Waals surface area contributed by atoms with Crippen LogP contribution in [0.1, 0.15) is 17.2 Å². The number of rotatable bonds is 5. The number of methoxy groups -OCH3 is 1. The van der Waals surface area contributed by atoms with Crippen LogP contribution in [-0.2, 0) is 0 Å². The maximum atomic E-state index is 10.5. The topological polar surface area (TPSA) is 59.7 Å². The van der Waals surface area contributed by atoms with Crippen molar-refractivity contribution in [3.05, 3.63) is 59.7 Å². The smallest absolute Gasteiger partial charge is 0.119 e. The molecule has 1 unspecified atom stereocenters. The first kappa shape index (κ1) is 17.3. The van der Waals surface area contributed by atoms with Gasteiger partial charge in [-0.15, -0.1) is 0 Å². The molecule has 1 fully saturated rings. The fourth-order valence-electron chi connectivity index (χ4n) is 3.21. The van der Waals surface area contributed by atoms with E-state index in [9.17, 15) is 10.4 Å². The molecule has 25 heavy (non-hydrogen) atoms. The number of aliphatic hydroxyl groups excluding tert-OH is 1. The molecule has 5 heteroatoms. The van der Waals surface area contributed by atoms with Crippen molar-refractivity contribution in [2.75, 3.05) is 44.7 Å². The monoisotopic (exact) mass is 337 g/mol. The standard InChI is InChI=1S/C20H23N3O2/c1-25-18-7-4-6-16(13-18)20(24)15-22-9-11-23(12-10-22)19-8-3-2-5-17(19)14-21/h2-8,13,20,24H,9-12,15H2,1H3. The predicted molar refractivity (Wildman–Crippen MR) is 97.8 cm³/mol. The Kier molecular flexibility index (Phi) is 5.54. The first-order valence-electron chi connectivity index (χ1n) is 8.49. The zero-order valence-corrected chi connectivity index (χ0v) is 14.4. The van der Waals surface area contributed by atoms with Gasteiger partial charge < -0.3 is 14.7 Å². The summed E-state index contributed by atoms with van der Waals surface area (Å²) in [7, 11) is 1.63. The molecule has 0 aliphatic carbocycles. The Balaban J connectivity index is 1.58. The van der Waals surface area contributed by atoms with Crippen molar-refractivity contribution in [2.24, 2.45) is 0 Å². The second-order valence-electron chi connectivity index (χ2n) is 6.21. The first-order valence-corrected chi connectivity index (χ1v) is 8.49. The number of nitriles is 1. The first-order chi connectivity index (χ1) is 12.2. The van der Waals surface area contributed by atoms with E-state index in [1.807, 2.05) is 48.5 Å². The van der Waals surface area contributed by atoms with Gasteiger partial charge in [-0.05, 0) is 29.8 Å². The molecule has 1 heterocycles. The lowest BCUT2D eigenvalue weighted by Gasteiger charge is -2.37. The minimum absolute atomic E-state index is 0.534. The van der Waals surface area contributed by atoms with E-state index in [1.165, 1.54) is 0 Å². The quantitative estimate of drug-likeness (QED) is 0.908. The molecule has 0 amide bonds. The summed E-state index contributed by atoms with van der Waals surface area (Å²) in [6.07, 6.45) is -0.534. The van der Waals surface area contributed by atoms with Crippen LogP contribution < -0.4 is 9.64 Å². The van der Waals surface area contributed by atoms with Crippen LogP contribution in [0.25, 0.3) is 0 Å². The zero-order chi connectivity index (χ0) is 17.6. The maximum absolute atomic E-state index is 10.5. The number of anilines is 1. The molecule has 0 spiro atoms. The van der Waals surface area contributed by atoms with Crippen molar-refractivity contribution in [1.82, 2.24) is 4.90 Å². The summed E-state index contributed by atoms with van der Waals surface area (Å²) in [6, 6.07) is 17.6. The number of aliphatic hydroxyl groups is 1. The average Bonchev–Trinajstić information content (AvgIpc) is 2.68. The van der Waals surface area contributed by atoms with E-state index in [4.69, 9.17) is 4.74 Å². The predicted octanol–water partition coefficient (Wildman–Crippen LogP) is 2.42. The molecule has 1 aliphatic heterocycles. The molecule has 1 aliphatic rings. The van der Waals surface area contributed by atoms with Crippen LogP contribution in [0.2, 0.25) is 0 Å². The summed E-state index contributed by atoms with van der Waals surface area (Å²) >= 11 is 0. The molecule has 0 radical (unpaired) electrons. The maximum Gasteiger partial charge on any atom is 0.119 e. The molecule has 130 valence electrons. The number of para-hydroxylation sites is 1. The number of β-amino-alcohol motifs (C(OH)–C–C–N with tert-alkyl or cyclic N) is 1. The average molecular weight is 337 g/mol. The van der Waals surface area contributed by atoms with Gasteiger partial charge in [-0.1, -0.05) is 24.3 Å². The number of hydrogen-bond acceptors (Lipinski definition) is 5. The third-order valence-electron chi connectivity index (χ3n) is 4.65. The van der Waals surface area contributed by atoms with Crippen LogP contribution in [0, 0.1) is 11.3 Å². The number of nitrogens with zero attached hydrogens (tertiary/aromatic N) is 3. The largest absolute Gasteiger partial charge is 0.497 e. The Morgan fingerprint density at radius 3 is 2.60 bits per heavy atom. The van der Waals surface area contributed by atoms with Crippen molar-refractivity contribution >= 4 is 5.69 Å². The van der Waals surface area contributed by atoms with E-state index in [-0.39, 0.29) is 0 Å². The fourth-order valence-corrected chi connectivity index (χ4v) is 3.21. The van der Waals surface area contributed by atoms with E-state index in [0.29, 0.717) is 12.1 Å². The van der Waals surface area contributed by atoms with Gasteiger partial charge in [0.1, 0.15) is 11.8 Å². The lowest BCUT2D eigenvalue weighted by Crippen LogP contribution is -2.47. The van der Waals surface area contributed by atoms with Crippen molar-refractivity contribution in [3.63, 3.8) is 0 Å².